The summed E-state index contributed by atoms with van der Waals surface area (Å²) in [4.78, 5) is 12.4. The van der Waals surface area contributed by atoms with Crippen LogP contribution in [0.3, 0.4) is 0 Å². The molecule has 4 nitrogen and oxygen atoms in total. The third-order valence-electron chi connectivity index (χ3n) is 3.93. The molecule has 0 saturated heterocycles. The van der Waals surface area contributed by atoms with Crippen LogP contribution >= 0.6 is 0 Å². The number of benzene rings is 2. The lowest BCUT2D eigenvalue weighted by Crippen LogP contribution is -2.30. The van der Waals surface area contributed by atoms with Gasteiger partial charge in [-0.15, -0.1) is 0 Å². The van der Waals surface area contributed by atoms with Crippen LogP contribution in [-0.4, -0.2) is 18.1 Å². The molecular weight excluding hydrogens is 314 g/mol. The van der Waals surface area contributed by atoms with Gasteiger partial charge in [-0.2, -0.15) is 0 Å². The highest BCUT2D eigenvalue weighted by molar-refractivity contribution is 5.94. The Morgan fingerprint density at radius 3 is 2.20 bits per heavy atom. The van der Waals surface area contributed by atoms with Crippen LogP contribution < -0.4 is 14.8 Å². The van der Waals surface area contributed by atoms with Crippen LogP contribution in [0.4, 0.5) is 5.69 Å². The molecule has 0 aliphatic heterocycles. The van der Waals surface area contributed by atoms with Crippen molar-refractivity contribution in [1.82, 2.24) is 0 Å². The van der Waals surface area contributed by atoms with Gasteiger partial charge in [-0.3, -0.25) is 4.79 Å². The fraction of sp³-hybridized carbons (Fsp3) is 0.381. The van der Waals surface area contributed by atoms with Crippen LogP contribution in [0.1, 0.15) is 37.5 Å². The van der Waals surface area contributed by atoms with Gasteiger partial charge in [0.1, 0.15) is 11.5 Å². The second-order valence-electron chi connectivity index (χ2n) is 6.65. The maximum atomic E-state index is 12.4. The summed E-state index contributed by atoms with van der Waals surface area (Å²) in [6.07, 6.45) is -0.471. The number of hydrogen-bond acceptors (Lipinski definition) is 3. The summed E-state index contributed by atoms with van der Waals surface area (Å²) in [6.45, 7) is 11.8. The third kappa shape index (κ3) is 5.24. The standard InChI is InChI=1S/C21H27NO3/c1-13(2)24-19-9-7-18(8-10-19)22-21(23)17(6)25-20-12-14(3)11-15(4)16(20)5/h7-13,17H,1-6H3,(H,22,23)/t17-/m0/s1. The molecule has 0 radical (unpaired) electrons. The number of aryl methyl sites for hydroxylation is 2. The second kappa shape index (κ2) is 8.06. The molecule has 0 bridgehead atoms. The molecule has 25 heavy (non-hydrogen) atoms. The predicted octanol–water partition coefficient (Wildman–Crippen LogP) is 4.81. The maximum Gasteiger partial charge on any atom is 0.265 e. The van der Waals surface area contributed by atoms with Gasteiger partial charge in [-0.25, -0.2) is 0 Å². The Bertz CT molecular complexity index is 736. The summed E-state index contributed by atoms with van der Waals surface area (Å²) in [6, 6.07) is 11.4. The van der Waals surface area contributed by atoms with Crippen molar-refractivity contribution in [2.75, 3.05) is 5.32 Å². The summed E-state index contributed by atoms with van der Waals surface area (Å²) >= 11 is 0. The monoisotopic (exact) mass is 341 g/mol. The van der Waals surface area contributed by atoms with Crippen molar-refractivity contribution in [1.29, 1.82) is 0 Å². The highest BCUT2D eigenvalue weighted by Gasteiger charge is 2.16. The van der Waals surface area contributed by atoms with E-state index in [9.17, 15) is 4.79 Å². The fourth-order valence-corrected chi connectivity index (χ4v) is 2.50. The average molecular weight is 341 g/mol. The van der Waals surface area contributed by atoms with E-state index in [1.54, 1.807) is 6.92 Å². The normalized spacial score (nSPS) is 12.0. The molecule has 0 aliphatic rings. The molecule has 2 aromatic carbocycles. The predicted molar refractivity (Wildman–Crippen MR) is 102 cm³/mol. The van der Waals surface area contributed by atoms with Crippen molar-refractivity contribution in [3.8, 4) is 11.5 Å². The van der Waals surface area contributed by atoms with E-state index in [0.29, 0.717) is 5.69 Å². The van der Waals surface area contributed by atoms with Crippen molar-refractivity contribution >= 4 is 11.6 Å². The summed E-state index contributed by atoms with van der Waals surface area (Å²) in [5, 5.41) is 2.87. The van der Waals surface area contributed by atoms with Gasteiger partial charge in [0.05, 0.1) is 6.10 Å². The SMILES string of the molecule is Cc1cc(C)c(C)c(O[C@@H](C)C(=O)Nc2ccc(OC(C)C)cc2)c1. The first-order chi connectivity index (χ1) is 11.8. The minimum absolute atomic E-state index is 0.120. The molecular formula is C21H27NO3. The number of amides is 1. The number of hydrogen-bond donors (Lipinski definition) is 1. The molecule has 134 valence electrons. The highest BCUT2D eigenvalue weighted by atomic mass is 16.5. The topological polar surface area (TPSA) is 47.6 Å². The molecule has 1 amide bonds. The van der Waals surface area contributed by atoms with E-state index in [2.05, 4.69) is 11.4 Å². The first kappa shape index (κ1) is 18.8. The van der Waals surface area contributed by atoms with Gasteiger partial charge in [0, 0.05) is 5.69 Å². The lowest BCUT2D eigenvalue weighted by Gasteiger charge is -2.18. The number of ether oxygens (including phenoxy) is 2. The highest BCUT2D eigenvalue weighted by Crippen LogP contribution is 2.24. The van der Waals surface area contributed by atoms with Gasteiger partial charge < -0.3 is 14.8 Å². The van der Waals surface area contributed by atoms with Crippen LogP contribution in [-0.2, 0) is 4.79 Å². The van der Waals surface area contributed by atoms with Crippen molar-refractivity contribution in [2.45, 2.75) is 53.8 Å². The molecule has 0 unspecified atom stereocenters. The van der Waals surface area contributed by atoms with Gasteiger partial charge >= 0.3 is 0 Å². The Balaban J connectivity index is 2.01. The van der Waals surface area contributed by atoms with Gasteiger partial charge in [-0.05, 0) is 88.6 Å². The molecule has 2 rings (SSSR count). The quantitative estimate of drug-likeness (QED) is 0.820. The van der Waals surface area contributed by atoms with Crippen molar-refractivity contribution < 1.29 is 14.3 Å². The van der Waals surface area contributed by atoms with Crippen LogP contribution in [0.5, 0.6) is 11.5 Å². The Labute approximate surface area is 150 Å². The summed E-state index contributed by atoms with van der Waals surface area (Å²) in [5.74, 6) is 1.35. The van der Waals surface area contributed by atoms with Crippen LogP contribution in [0.15, 0.2) is 36.4 Å². The van der Waals surface area contributed by atoms with Gasteiger partial charge in [0.2, 0.25) is 0 Å². The van der Waals surface area contributed by atoms with E-state index < -0.39 is 6.10 Å². The van der Waals surface area contributed by atoms with Gasteiger partial charge in [0.25, 0.3) is 5.91 Å². The number of rotatable bonds is 6. The molecule has 2 aromatic rings. The number of carbonyl (C=O) groups excluding carboxylic acids is 1. The lowest BCUT2D eigenvalue weighted by molar-refractivity contribution is -0.122. The van der Waals surface area contributed by atoms with E-state index >= 15 is 0 Å². The summed E-state index contributed by atoms with van der Waals surface area (Å²) in [5.41, 5.74) is 4.05. The van der Waals surface area contributed by atoms with Crippen LogP contribution in [0.25, 0.3) is 0 Å². The third-order valence-corrected chi connectivity index (χ3v) is 3.93. The van der Waals surface area contributed by atoms with Gasteiger partial charge in [-0.1, -0.05) is 6.07 Å². The minimum atomic E-state index is -0.591. The molecule has 0 aromatic heterocycles. The lowest BCUT2D eigenvalue weighted by atomic mass is 10.1. The largest absolute Gasteiger partial charge is 0.491 e. The van der Waals surface area contributed by atoms with E-state index in [-0.39, 0.29) is 12.0 Å². The molecule has 1 atom stereocenters. The van der Waals surface area contributed by atoms with Crippen molar-refractivity contribution in [3.63, 3.8) is 0 Å². The van der Waals surface area contributed by atoms with Crippen LogP contribution in [0, 0.1) is 20.8 Å². The van der Waals surface area contributed by atoms with E-state index in [4.69, 9.17) is 9.47 Å². The number of anilines is 1. The first-order valence-corrected chi connectivity index (χ1v) is 8.58. The number of carbonyl (C=O) groups is 1. The molecule has 0 saturated carbocycles. The zero-order valence-electron chi connectivity index (χ0n) is 15.8. The molecule has 4 heteroatoms. The Morgan fingerprint density at radius 2 is 1.60 bits per heavy atom. The van der Waals surface area contributed by atoms with Crippen molar-refractivity contribution in [2.24, 2.45) is 0 Å². The zero-order valence-corrected chi connectivity index (χ0v) is 15.8. The number of nitrogens with one attached hydrogen (secondary N) is 1. The molecule has 0 aliphatic carbocycles. The van der Waals surface area contributed by atoms with Gasteiger partial charge in [0.15, 0.2) is 6.10 Å². The Morgan fingerprint density at radius 1 is 0.960 bits per heavy atom. The minimum Gasteiger partial charge on any atom is -0.491 e. The first-order valence-electron chi connectivity index (χ1n) is 8.58. The molecule has 0 heterocycles. The molecule has 1 N–H and O–H groups in total. The zero-order chi connectivity index (χ0) is 18.6. The van der Waals surface area contributed by atoms with Crippen molar-refractivity contribution in [3.05, 3.63) is 53.1 Å². The Hall–Kier alpha value is -2.49. The van der Waals surface area contributed by atoms with E-state index in [1.807, 2.05) is 65.0 Å². The van der Waals surface area contributed by atoms with E-state index in [0.717, 1.165) is 28.2 Å². The maximum absolute atomic E-state index is 12.4. The molecule has 0 fully saturated rings. The molecule has 0 spiro atoms. The second-order valence-corrected chi connectivity index (χ2v) is 6.65. The smallest absolute Gasteiger partial charge is 0.265 e. The fourth-order valence-electron chi connectivity index (χ4n) is 2.50. The average Bonchev–Trinajstić information content (AvgIpc) is 2.53. The summed E-state index contributed by atoms with van der Waals surface area (Å²) < 4.78 is 11.5. The van der Waals surface area contributed by atoms with Crippen LogP contribution in [0.2, 0.25) is 0 Å². The van der Waals surface area contributed by atoms with E-state index in [1.165, 1.54) is 0 Å². The summed E-state index contributed by atoms with van der Waals surface area (Å²) in [7, 11) is 0. The Kier molecular flexibility index (Phi) is 6.07.